The highest BCUT2D eigenvalue weighted by Gasteiger charge is 2.18. The number of rotatable bonds is 7. The Morgan fingerprint density at radius 1 is 1.35 bits per heavy atom. The van der Waals surface area contributed by atoms with Gasteiger partial charge >= 0.3 is 0 Å². The summed E-state index contributed by atoms with van der Waals surface area (Å²) < 4.78 is 0. The van der Waals surface area contributed by atoms with Crippen LogP contribution in [0.4, 0.5) is 0 Å². The van der Waals surface area contributed by atoms with Gasteiger partial charge in [-0.15, -0.1) is 16.8 Å². The maximum atomic E-state index is 11.7. The Balaban J connectivity index is 1.60. The fourth-order valence-electron chi connectivity index (χ4n) is 3.18. The molecule has 1 atom stereocenters. The van der Waals surface area contributed by atoms with Gasteiger partial charge in [0.15, 0.2) is 0 Å². The van der Waals surface area contributed by atoms with Gasteiger partial charge in [0.05, 0.1) is 0 Å². The maximum Gasteiger partial charge on any atom is 0.243 e. The van der Waals surface area contributed by atoms with E-state index in [-0.39, 0.29) is 12.5 Å². The highest BCUT2D eigenvalue weighted by atomic mass is 16.2. The van der Waals surface area contributed by atoms with Gasteiger partial charge in [-0.25, -0.2) is 0 Å². The minimum atomic E-state index is -0.167. The minimum absolute atomic E-state index is 0.0474. The van der Waals surface area contributed by atoms with E-state index < -0.39 is 0 Å². The van der Waals surface area contributed by atoms with E-state index in [0.717, 1.165) is 12.1 Å². The molecule has 7 nitrogen and oxygen atoms in total. The van der Waals surface area contributed by atoms with Crippen LogP contribution >= 0.6 is 0 Å². The smallest absolute Gasteiger partial charge is 0.243 e. The lowest BCUT2D eigenvalue weighted by Crippen LogP contribution is -2.36. The second-order valence-electron chi connectivity index (χ2n) is 6.75. The normalized spacial score (nSPS) is 17.8. The van der Waals surface area contributed by atoms with Gasteiger partial charge in [0.2, 0.25) is 11.7 Å². The van der Waals surface area contributed by atoms with E-state index in [1.165, 1.54) is 36.2 Å². The lowest BCUT2D eigenvalue weighted by Gasteiger charge is -2.33. The van der Waals surface area contributed by atoms with Crippen LogP contribution < -0.4 is 5.32 Å². The fraction of sp³-hybridized carbons (Fsp3) is 0.474. The van der Waals surface area contributed by atoms with Gasteiger partial charge in [0.1, 0.15) is 6.54 Å². The van der Waals surface area contributed by atoms with Crippen molar-refractivity contribution in [2.45, 2.75) is 45.3 Å². The molecule has 2 aromatic rings. The van der Waals surface area contributed by atoms with E-state index in [2.05, 4.69) is 51.3 Å². The molecule has 1 saturated heterocycles. The molecular formula is C19H26N6O. The Kier molecular flexibility index (Phi) is 6.12. The van der Waals surface area contributed by atoms with Gasteiger partial charge < -0.3 is 5.32 Å². The summed E-state index contributed by atoms with van der Waals surface area (Å²) >= 11 is 0. The zero-order valence-corrected chi connectivity index (χ0v) is 15.3. The Labute approximate surface area is 154 Å². The number of aromatic nitrogens is 4. The van der Waals surface area contributed by atoms with Gasteiger partial charge in [0.25, 0.3) is 0 Å². The number of nitrogens with one attached hydrogen (secondary N) is 1. The molecule has 2 heterocycles. The molecular weight excluding hydrogens is 328 g/mol. The van der Waals surface area contributed by atoms with Gasteiger partial charge in [-0.3, -0.25) is 9.69 Å². The number of tetrazole rings is 1. The van der Waals surface area contributed by atoms with E-state index in [4.69, 9.17) is 0 Å². The van der Waals surface area contributed by atoms with Crippen molar-refractivity contribution in [3.63, 3.8) is 0 Å². The van der Waals surface area contributed by atoms with Gasteiger partial charge in [-0.1, -0.05) is 36.8 Å². The summed E-state index contributed by atoms with van der Waals surface area (Å²) in [7, 11) is 0. The molecule has 0 unspecified atom stereocenters. The van der Waals surface area contributed by atoms with Gasteiger partial charge in [-0.05, 0) is 37.1 Å². The number of nitrogens with zero attached hydrogens (tertiary/aromatic N) is 5. The van der Waals surface area contributed by atoms with Crippen molar-refractivity contribution in [3.8, 4) is 11.4 Å². The SMILES string of the molecule is C=CCNC(=O)Cn1nnc(-c2ccc(CN3CCCC[C@@H]3C)cc2)n1. The highest BCUT2D eigenvalue weighted by molar-refractivity contribution is 5.75. The number of benzene rings is 1. The average Bonchev–Trinajstić information content (AvgIpc) is 3.11. The molecule has 0 aliphatic carbocycles. The summed E-state index contributed by atoms with van der Waals surface area (Å²) in [6.45, 7) is 8.50. The first-order valence-electron chi connectivity index (χ1n) is 9.14. The van der Waals surface area contributed by atoms with Crippen LogP contribution in [0.5, 0.6) is 0 Å². The molecule has 7 heteroatoms. The lowest BCUT2D eigenvalue weighted by molar-refractivity contribution is -0.121. The van der Waals surface area contributed by atoms with Crippen LogP contribution in [0.2, 0.25) is 0 Å². The maximum absolute atomic E-state index is 11.7. The molecule has 3 rings (SSSR count). The third-order valence-electron chi connectivity index (χ3n) is 4.72. The summed E-state index contributed by atoms with van der Waals surface area (Å²) in [5.41, 5.74) is 2.19. The molecule has 1 amide bonds. The van der Waals surface area contributed by atoms with E-state index in [9.17, 15) is 4.79 Å². The van der Waals surface area contributed by atoms with Crippen LogP contribution in [-0.4, -0.2) is 50.1 Å². The zero-order chi connectivity index (χ0) is 18.4. The Morgan fingerprint density at radius 2 is 2.15 bits per heavy atom. The van der Waals surface area contributed by atoms with Crippen molar-refractivity contribution in [1.82, 2.24) is 30.4 Å². The summed E-state index contributed by atoms with van der Waals surface area (Å²) in [5.74, 6) is 0.360. The molecule has 1 aliphatic rings. The largest absolute Gasteiger partial charge is 0.351 e. The van der Waals surface area contributed by atoms with Gasteiger partial charge in [0, 0.05) is 24.7 Å². The minimum Gasteiger partial charge on any atom is -0.351 e. The molecule has 0 spiro atoms. The second-order valence-corrected chi connectivity index (χ2v) is 6.75. The molecule has 26 heavy (non-hydrogen) atoms. The predicted octanol–water partition coefficient (Wildman–Crippen LogP) is 2.02. The second kappa shape index (κ2) is 8.71. The van der Waals surface area contributed by atoms with E-state index in [0.29, 0.717) is 18.4 Å². The fourth-order valence-corrected chi connectivity index (χ4v) is 3.18. The number of likely N-dealkylation sites (tertiary alicyclic amines) is 1. The Morgan fingerprint density at radius 3 is 2.88 bits per heavy atom. The Hall–Kier alpha value is -2.54. The highest BCUT2D eigenvalue weighted by Crippen LogP contribution is 2.20. The van der Waals surface area contributed by atoms with Gasteiger partial charge in [-0.2, -0.15) is 4.80 Å². The molecule has 0 radical (unpaired) electrons. The van der Waals surface area contributed by atoms with Crippen molar-refractivity contribution in [2.24, 2.45) is 0 Å². The number of piperidine rings is 1. The van der Waals surface area contributed by atoms with E-state index in [1.807, 2.05) is 12.1 Å². The van der Waals surface area contributed by atoms with Crippen LogP contribution in [0.15, 0.2) is 36.9 Å². The molecule has 1 N–H and O–H groups in total. The van der Waals surface area contributed by atoms with Crippen molar-refractivity contribution < 1.29 is 4.79 Å². The monoisotopic (exact) mass is 354 g/mol. The first kappa shape index (κ1) is 18.3. The molecule has 1 aromatic heterocycles. The third-order valence-corrected chi connectivity index (χ3v) is 4.72. The molecule has 138 valence electrons. The summed E-state index contributed by atoms with van der Waals surface area (Å²) in [5, 5.41) is 15.0. The van der Waals surface area contributed by atoms with Crippen LogP contribution in [0.3, 0.4) is 0 Å². The van der Waals surface area contributed by atoms with Crippen LogP contribution in [0.1, 0.15) is 31.7 Å². The summed E-state index contributed by atoms with van der Waals surface area (Å²) in [6, 6.07) is 8.92. The zero-order valence-electron chi connectivity index (χ0n) is 15.3. The van der Waals surface area contributed by atoms with Crippen LogP contribution in [0, 0.1) is 0 Å². The Bertz CT molecular complexity index is 739. The standard InChI is InChI=1S/C19H26N6O/c1-3-11-20-18(26)14-25-22-19(21-23-25)17-9-7-16(8-10-17)13-24-12-5-4-6-15(24)2/h3,7-10,15H,1,4-6,11-14H2,2H3,(H,20,26)/t15-/m0/s1. The average molecular weight is 354 g/mol. The molecule has 0 bridgehead atoms. The summed E-state index contributed by atoms with van der Waals surface area (Å²) in [4.78, 5) is 15.5. The molecule has 1 fully saturated rings. The first-order valence-corrected chi connectivity index (χ1v) is 9.14. The van der Waals surface area contributed by atoms with E-state index >= 15 is 0 Å². The summed E-state index contributed by atoms with van der Waals surface area (Å²) in [6.07, 6.45) is 5.54. The number of carbonyl (C=O) groups excluding carboxylic acids is 1. The first-order chi connectivity index (χ1) is 12.7. The van der Waals surface area contributed by atoms with Crippen molar-refractivity contribution in [3.05, 3.63) is 42.5 Å². The van der Waals surface area contributed by atoms with Crippen molar-refractivity contribution in [2.75, 3.05) is 13.1 Å². The number of hydrogen-bond acceptors (Lipinski definition) is 5. The van der Waals surface area contributed by atoms with E-state index in [1.54, 1.807) is 6.08 Å². The number of amides is 1. The van der Waals surface area contributed by atoms with Crippen molar-refractivity contribution in [1.29, 1.82) is 0 Å². The third kappa shape index (κ3) is 4.76. The number of hydrogen-bond donors (Lipinski definition) is 1. The van der Waals surface area contributed by atoms with Crippen molar-refractivity contribution >= 4 is 5.91 Å². The topological polar surface area (TPSA) is 75.9 Å². The number of carbonyl (C=O) groups is 1. The molecule has 0 saturated carbocycles. The predicted molar refractivity (Wildman–Crippen MR) is 100 cm³/mol. The van der Waals surface area contributed by atoms with Crippen LogP contribution in [0.25, 0.3) is 11.4 Å². The lowest BCUT2D eigenvalue weighted by atomic mass is 10.0. The van der Waals surface area contributed by atoms with Crippen LogP contribution in [-0.2, 0) is 17.9 Å². The molecule has 1 aliphatic heterocycles. The quantitative estimate of drug-likeness (QED) is 0.770. The molecule has 1 aromatic carbocycles.